The Balaban J connectivity index is 2.49. The first-order valence-corrected chi connectivity index (χ1v) is 5.07. The largest absolute Gasteiger partial charge is 0.467 e. The third-order valence-electron chi connectivity index (χ3n) is 2.97. The Hall–Kier alpha value is -1.35. The summed E-state index contributed by atoms with van der Waals surface area (Å²) >= 11 is 0. The number of benzene rings is 1. The van der Waals surface area contributed by atoms with Crippen molar-refractivity contribution in [3.8, 4) is 0 Å². The van der Waals surface area contributed by atoms with Crippen LogP contribution in [-0.4, -0.2) is 18.2 Å². The van der Waals surface area contributed by atoms with E-state index in [1.54, 1.807) is 6.07 Å². The number of hydrogen-bond acceptors (Lipinski definition) is 3. The number of rotatable bonds is 1. The molecule has 15 heavy (non-hydrogen) atoms. The summed E-state index contributed by atoms with van der Waals surface area (Å²) in [5.41, 5.74) is 0.295. The zero-order valence-electron chi connectivity index (χ0n) is 8.69. The third kappa shape index (κ3) is 1.53. The van der Waals surface area contributed by atoms with E-state index in [4.69, 9.17) is 0 Å². The maximum Gasteiger partial charge on any atom is 0.342 e. The third-order valence-corrected chi connectivity index (χ3v) is 2.97. The van der Waals surface area contributed by atoms with Gasteiger partial charge in [-0.2, -0.15) is 0 Å². The van der Waals surface area contributed by atoms with Crippen LogP contribution >= 0.6 is 0 Å². The molecule has 0 heterocycles. The fourth-order valence-corrected chi connectivity index (χ4v) is 2.19. The lowest BCUT2D eigenvalue weighted by Gasteiger charge is -2.31. The molecule has 1 N–H and O–H groups in total. The van der Waals surface area contributed by atoms with Crippen LogP contribution in [0.3, 0.4) is 0 Å². The minimum absolute atomic E-state index is 0.441. The van der Waals surface area contributed by atoms with Gasteiger partial charge in [-0.15, -0.1) is 0 Å². The Morgan fingerprint density at radius 3 is 2.93 bits per heavy atom. The van der Waals surface area contributed by atoms with E-state index in [-0.39, 0.29) is 0 Å². The van der Waals surface area contributed by atoms with Gasteiger partial charge in [0.1, 0.15) is 0 Å². The van der Waals surface area contributed by atoms with Crippen LogP contribution in [0.4, 0.5) is 0 Å². The van der Waals surface area contributed by atoms with E-state index in [0.717, 1.165) is 18.4 Å². The van der Waals surface area contributed by atoms with Crippen LogP contribution in [0.5, 0.6) is 0 Å². The molecule has 0 saturated heterocycles. The summed E-state index contributed by atoms with van der Waals surface area (Å²) in [4.78, 5) is 11.6. The highest BCUT2D eigenvalue weighted by Gasteiger charge is 2.42. The van der Waals surface area contributed by atoms with Gasteiger partial charge in [0, 0.05) is 0 Å². The van der Waals surface area contributed by atoms with Crippen molar-refractivity contribution in [1.29, 1.82) is 0 Å². The molecule has 0 unspecified atom stereocenters. The maximum atomic E-state index is 11.6. The van der Waals surface area contributed by atoms with E-state index in [1.807, 2.05) is 18.2 Å². The van der Waals surface area contributed by atoms with Gasteiger partial charge in [-0.3, -0.25) is 0 Å². The molecule has 2 rings (SSSR count). The lowest BCUT2D eigenvalue weighted by atomic mass is 9.79. The molecule has 0 saturated carbocycles. The van der Waals surface area contributed by atoms with E-state index in [1.165, 1.54) is 7.11 Å². The van der Waals surface area contributed by atoms with E-state index in [0.29, 0.717) is 12.0 Å². The average Bonchev–Trinajstić information content (AvgIpc) is 2.28. The molecule has 0 aromatic heterocycles. The Bertz CT molecular complexity index is 386. The van der Waals surface area contributed by atoms with Crippen LogP contribution < -0.4 is 0 Å². The molecule has 3 heteroatoms. The predicted molar refractivity (Wildman–Crippen MR) is 55.3 cm³/mol. The van der Waals surface area contributed by atoms with Crippen molar-refractivity contribution in [2.45, 2.75) is 24.9 Å². The summed E-state index contributed by atoms with van der Waals surface area (Å²) in [5.74, 6) is -0.561. The van der Waals surface area contributed by atoms with Gasteiger partial charge in [0.2, 0.25) is 0 Å². The van der Waals surface area contributed by atoms with Crippen LogP contribution in [0.2, 0.25) is 0 Å². The first-order valence-electron chi connectivity index (χ1n) is 5.07. The molecule has 1 aromatic rings. The molecular weight excluding hydrogens is 192 g/mol. The lowest BCUT2D eigenvalue weighted by Crippen LogP contribution is -2.39. The number of carbonyl (C=O) groups is 1. The average molecular weight is 206 g/mol. The van der Waals surface area contributed by atoms with Gasteiger partial charge < -0.3 is 9.84 Å². The van der Waals surface area contributed by atoms with Crippen LogP contribution in [0.15, 0.2) is 24.3 Å². The predicted octanol–water partition coefficient (Wildman–Crippen LogP) is 1.38. The second kappa shape index (κ2) is 3.66. The SMILES string of the molecule is COC(=O)[C@@]1(O)CCCc2ccccc21. The van der Waals surface area contributed by atoms with Gasteiger partial charge in [0.15, 0.2) is 5.60 Å². The monoisotopic (exact) mass is 206 g/mol. The molecule has 3 nitrogen and oxygen atoms in total. The molecule has 0 aliphatic heterocycles. The van der Waals surface area contributed by atoms with Crippen LogP contribution in [0.25, 0.3) is 0 Å². The normalized spacial score (nSPS) is 24.4. The zero-order valence-corrected chi connectivity index (χ0v) is 8.69. The molecule has 0 bridgehead atoms. The summed E-state index contributed by atoms with van der Waals surface area (Å²) in [6, 6.07) is 7.49. The molecule has 1 aromatic carbocycles. The summed E-state index contributed by atoms with van der Waals surface area (Å²) in [6.07, 6.45) is 2.16. The lowest BCUT2D eigenvalue weighted by molar-refractivity contribution is -0.165. The number of esters is 1. The Labute approximate surface area is 88.7 Å². The smallest absolute Gasteiger partial charge is 0.342 e. The van der Waals surface area contributed by atoms with E-state index >= 15 is 0 Å². The van der Waals surface area contributed by atoms with Gasteiger partial charge in [-0.1, -0.05) is 24.3 Å². The van der Waals surface area contributed by atoms with Crippen molar-refractivity contribution >= 4 is 5.97 Å². The van der Waals surface area contributed by atoms with Crippen molar-refractivity contribution in [2.24, 2.45) is 0 Å². The molecule has 0 fully saturated rings. The number of fused-ring (bicyclic) bond motifs is 1. The Morgan fingerprint density at radius 2 is 2.20 bits per heavy atom. The number of methoxy groups -OCH3 is 1. The molecule has 1 atom stereocenters. The standard InChI is InChI=1S/C12H14O3/c1-15-11(13)12(14)8-4-6-9-5-2-3-7-10(9)12/h2-3,5,7,14H,4,6,8H2,1H3/t12-/m1/s1. The second-order valence-corrected chi connectivity index (χ2v) is 3.86. The van der Waals surface area contributed by atoms with Crippen molar-refractivity contribution in [1.82, 2.24) is 0 Å². The van der Waals surface area contributed by atoms with E-state index < -0.39 is 11.6 Å². The fraction of sp³-hybridized carbons (Fsp3) is 0.417. The van der Waals surface area contributed by atoms with Crippen LogP contribution in [-0.2, 0) is 21.6 Å². The number of aryl methyl sites for hydroxylation is 1. The molecule has 1 aliphatic rings. The summed E-state index contributed by atoms with van der Waals surface area (Å²) < 4.78 is 4.66. The van der Waals surface area contributed by atoms with Gasteiger partial charge >= 0.3 is 5.97 Å². The first-order chi connectivity index (χ1) is 7.18. The number of ether oxygens (including phenoxy) is 1. The minimum Gasteiger partial charge on any atom is -0.467 e. The Morgan fingerprint density at radius 1 is 1.47 bits per heavy atom. The molecule has 0 spiro atoms. The summed E-state index contributed by atoms with van der Waals surface area (Å²) in [7, 11) is 1.30. The highest BCUT2D eigenvalue weighted by Crippen LogP contribution is 2.35. The van der Waals surface area contributed by atoms with Crippen LogP contribution in [0, 0.1) is 0 Å². The second-order valence-electron chi connectivity index (χ2n) is 3.86. The molecular formula is C12H14O3. The van der Waals surface area contributed by atoms with Crippen molar-refractivity contribution in [3.63, 3.8) is 0 Å². The highest BCUT2D eigenvalue weighted by molar-refractivity contribution is 5.81. The maximum absolute atomic E-state index is 11.6. The molecule has 1 aliphatic carbocycles. The number of aliphatic hydroxyl groups is 1. The number of hydrogen-bond donors (Lipinski definition) is 1. The molecule has 0 radical (unpaired) electrons. The fourth-order valence-electron chi connectivity index (χ4n) is 2.19. The summed E-state index contributed by atoms with van der Waals surface area (Å²) in [6.45, 7) is 0. The Kier molecular flexibility index (Phi) is 2.49. The van der Waals surface area contributed by atoms with Crippen molar-refractivity contribution < 1.29 is 14.6 Å². The zero-order chi connectivity index (χ0) is 10.9. The van der Waals surface area contributed by atoms with E-state index in [2.05, 4.69) is 4.74 Å². The van der Waals surface area contributed by atoms with E-state index in [9.17, 15) is 9.90 Å². The quantitative estimate of drug-likeness (QED) is 0.706. The van der Waals surface area contributed by atoms with Crippen molar-refractivity contribution in [2.75, 3.05) is 7.11 Å². The van der Waals surface area contributed by atoms with Gasteiger partial charge in [0.25, 0.3) is 0 Å². The van der Waals surface area contributed by atoms with Gasteiger partial charge in [-0.25, -0.2) is 4.79 Å². The number of carbonyl (C=O) groups excluding carboxylic acids is 1. The molecule has 80 valence electrons. The van der Waals surface area contributed by atoms with Gasteiger partial charge in [0.05, 0.1) is 7.11 Å². The van der Waals surface area contributed by atoms with Crippen molar-refractivity contribution in [3.05, 3.63) is 35.4 Å². The minimum atomic E-state index is -1.44. The van der Waals surface area contributed by atoms with Gasteiger partial charge in [-0.05, 0) is 30.4 Å². The highest BCUT2D eigenvalue weighted by atomic mass is 16.5. The van der Waals surface area contributed by atoms with Crippen LogP contribution in [0.1, 0.15) is 24.0 Å². The first kappa shape index (κ1) is 10.2. The molecule has 0 amide bonds. The summed E-state index contributed by atoms with van der Waals surface area (Å²) in [5, 5.41) is 10.3. The topological polar surface area (TPSA) is 46.5 Å².